The number of anilines is 1. The van der Waals surface area contributed by atoms with E-state index in [1.54, 1.807) is 31.0 Å². The molecule has 0 saturated heterocycles. The van der Waals surface area contributed by atoms with Gasteiger partial charge in [-0.25, -0.2) is 9.97 Å². The molecule has 1 aliphatic rings. The van der Waals surface area contributed by atoms with Crippen LogP contribution >= 0.6 is 0 Å². The van der Waals surface area contributed by atoms with Gasteiger partial charge in [0.1, 0.15) is 11.5 Å². The number of carbonyl (C=O) groups excluding carboxylic acids is 1. The van der Waals surface area contributed by atoms with Crippen molar-refractivity contribution >= 4 is 33.7 Å². The fourth-order valence-electron chi connectivity index (χ4n) is 5.44. The summed E-state index contributed by atoms with van der Waals surface area (Å²) in [5.74, 6) is 0.895. The number of imidazole rings is 1. The van der Waals surface area contributed by atoms with Crippen LogP contribution in [-0.2, 0) is 4.79 Å². The first-order chi connectivity index (χ1) is 19.2. The predicted molar refractivity (Wildman–Crippen MR) is 151 cm³/mol. The largest absolute Gasteiger partial charge is 0.345 e. The van der Waals surface area contributed by atoms with Gasteiger partial charge in [-0.1, -0.05) is 19.3 Å². The minimum Gasteiger partial charge on any atom is -0.345 e. The van der Waals surface area contributed by atoms with Gasteiger partial charge in [0.05, 0.1) is 29.1 Å². The van der Waals surface area contributed by atoms with Crippen molar-refractivity contribution in [3.63, 3.8) is 0 Å². The molecule has 39 heavy (non-hydrogen) atoms. The summed E-state index contributed by atoms with van der Waals surface area (Å²) < 4.78 is 0. The highest BCUT2D eigenvalue weighted by molar-refractivity contribution is 5.98. The number of rotatable bonds is 5. The molecule has 9 heteroatoms. The van der Waals surface area contributed by atoms with E-state index in [0.29, 0.717) is 5.69 Å². The Bertz CT molecular complexity index is 1800. The van der Waals surface area contributed by atoms with E-state index in [1.807, 2.05) is 36.8 Å². The van der Waals surface area contributed by atoms with E-state index in [0.717, 1.165) is 81.4 Å². The fourth-order valence-corrected chi connectivity index (χ4v) is 5.44. The fraction of sp³-hybridized carbons (Fsp3) is 0.200. The zero-order chi connectivity index (χ0) is 26.2. The molecule has 6 heterocycles. The summed E-state index contributed by atoms with van der Waals surface area (Å²) in [7, 11) is 0. The van der Waals surface area contributed by atoms with Gasteiger partial charge in [-0.15, -0.1) is 0 Å². The van der Waals surface area contributed by atoms with Crippen molar-refractivity contribution in [2.45, 2.75) is 32.1 Å². The van der Waals surface area contributed by atoms with Crippen molar-refractivity contribution in [3.8, 4) is 33.6 Å². The highest BCUT2D eigenvalue weighted by Crippen LogP contribution is 2.33. The van der Waals surface area contributed by atoms with E-state index in [4.69, 9.17) is 4.98 Å². The third-order valence-corrected chi connectivity index (χ3v) is 7.49. The molecular weight excluding hydrogens is 488 g/mol. The number of fused-ring (bicyclic) bond motifs is 2. The van der Waals surface area contributed by atoms with Gasteiger partial charge in [-0.05, 0) is 42.7 Å². The molecule has 1 saturated carbocycles. The molecule has 1 aliphatic carbocycles. The molecule has 7 rings (SSSR count). The third kappa shape index (κ3) is 4.41. The average Bonchev–Trinajstić information content (AvgIpc) is 3.62. The highest BCUT2D eigenvalue weighted by Gasteiger charge is 2.21. The summed E-state index contributed by atoms with van der Waals surface area (Å²) in [4.78, 5) is 42.0. The number of pyridine rings is 4. The molecule has 6 aromatic heterocycles. The second-order valence-corrected chi connectivity index (χ2v) is 10.0. The summed E-state index contributed by atoms with van der Waals surface area (Å²) >= 11 is 0. The molecule has 6 aromatic rings. The molecule has 3 N–H and O–H groups in total. The third-order valence-electron chi connectivity index (χ3n) is 7.49. The van der Waals surface area contributed by atoms with Crippen LogP contribution in [0.1, 0.15) is 32.1 Å². The molecule has 0 radical (unpaired) electrons. The average molecular weight is 515 g/mol. The SMILES string of the molecule is O=C(Nc1cncc(-c2cnc3[nH]cc(-c4nc5c(-c6ccncc6)cncc5[nH]4)c3c2)c1)C1CCCCC1. The normalized spacial score (nSPS) is 14.2. The standard InChI is InChI=1S/C30H26N8O/c39-30(19-4-2-1-3-5-19)36-22-10-20(12-32-14-22)21-11-23-25(16-35-28(23)34-13-21)29-37-26-17-33-15-24(27(26)38-29)18-6-8-31-9-7-18/h6-17,19H,1-5H2,(H,34,35)(H,36,39)(H,37,38). The lowest BCUT2D eigenvalue weighted by atomic mass is 9.88. The van der Waals surface area contributed by atoms with E-state index in [2.05, 4.69) is 41.3 Å². The van der Waals surface area contributed by atoms with Crippen LogP contribution in [0.5, 0.6) is 0 Å². The van der Waals surface area contributed by atoms with Gasteiger partial charge in [0.15, 0.2) is 0 Å². The lowest BCUT2D eigenvalue weighted by Gasteiger charge is -2.20. The van der Waals surface area contributed by atoms with Crippen molar-refractivity contribution in [2.75, 3.05) is 5.32 Å². The summed E-state index contributed by atoms with van der Waals surface area (Å²) in [5, 5.41) is 4.00. The predicted octanol–water partition coefficient (Wildman–Crippen LogP) is 6.14. The zero-order valence-corrected chi connectivity index (χ0v) is 21.2. The van der Waals surface area contributed by atoms with E-state index in [1.165, 1.54) is 6.42 Å². The molecular formula is C30H26N8O. The maximum atomic E-state index is 12.8. The number of amides is 1. The lowest BCUT2D eigenvalue weighted by Crippen LogP contribution is -2.24. The van der Waals surface area contributed by atoms with Crippen LogP contribution in [-0.4, -0.2) is 40.8 Å². The van der Waals surface area contributed by atoms with Crippen LogP contribution in [0.4, 0.5) is 5.69 Å². The topological polar surface area (TPSA) is 125 Å². The number of aromatic amines is 2. The number of nitrogens with zero attached hydrogens (tertiary/aromatic N) is 5. The van der Waals surface area contributed by atoms with Crippen LogP contribution in [0.25, 0.3) is 55.7 Å². The Labute approximate surface area is 224 Å². The molecule has 0 aliphatic heterocycles. The molecule has 0 spiro atoms. The molecule has 1 fully saturated rings. The molecule has 9 nitrogen and oxygen atoms in total. The van der Waals surface area contributed by atoms with Crippen LogP contribution in [0.3, 0.4) is 0 Å². The zero-order valence-electron chi connectivity index (χ0n) is 21.2. The number of H-pyrrole nitrogens is 2. The number of aromatic nitrogens is 7. The van der Waals surface area contributed by atoms with Crippen LogP contribution < -0.4 is 5.32 Å². The van der Waals surface area contributed by atoms with Gasteiger partial charge in [-0.2, -0.15) is 0 Å². The first-order valence-corrected chi connectivity index (χ1v) is 13.2. The van der Waals surface area contributed by atoms with Crippen LogP contribution in [0, 0.1) is 5.92 Å². The summed E-state index contributed by atoms with van der Waals surface area (Å²) in [5.41, 5.74) is 7.79. The summed E-state index contributed by atoms with van der Waals surface area (Å²) in [6, 6.07) is 7.93. The summed E-state index contributed by atoms with van der Waals surface area (Å²) in [6.45, 7) is 0. The maximum Gasteiger partial charge on any atom is 0.227 e. The second kappa shape index (κ2) is 9.75. The highest BCUT2D eigenvalue weighted by atomic mass is 16.1. The number of hydrogen-bond donors (Lipinski definition) is 3. The maximum absolute atomic E-state index is 12.8. The molecule has 1 amide bonds. The minimum atomic E-state index is 0.0839. The van der Waals surface area contributed by atoms with Gasteiger partial charge in [0.25, 0.3) is 0 Å². The smallest absolute Gasteiger partial charge is 0.227 e. The first kappa shape index (κ1) is 23.2. The lowest BCUT2D eigenvalue weighted by molar-refractivity contribution is -0.120. The van der Waals surface area contributed by atoms with Gasteiger partial charge in [0, 0.05) is 70.7 Å². The number of hydrogen-bond acceptors (Lipinski definition) is 6. The van der Waals surface area contributed by atoms with Gasteiger partial charge >= 0.3 is 0 Å². The molecule has 0 bridgehead atoms. The van der Waals surface area contributed by atoms with E-state index in [9.17, 15) is 4.79 Å². The number of carbonyl (C=O) groups is 1. The first-order valence-electron chi connectivity index (χ1n) is 13.2. The molecule has 0 unspecified atom stereocenters. The van der Waals surface area contributed by atoms with E-state index in [-0.39, 0.29) is 11.8 Å². The Balaban J connectivity index is 1.23. The van der Waals surface area contributed by atoms with E-state index < -0.39 is 0 Å². The van der Waals surface area contributed by atoms with Crippen molar-refractivity contribution in [2.24, 2.45) is 5.92 Å². The van der Waals surface area contributed by atoms with Crippen molar-refractivity contribution in [1.82, 2.24) is 34.9 Å². The second-order valence-electron chi connectivity index (χ2n) is 10.0. The Morgan fingerprint density at radius 1 is 0.846 bits per heavy atom. The minimum absolute atomic E-state index is 0.0839. The van der Waals surface area contributed by atoms with Crippen LogP contribution in [0.2, 0.25) is 0 Å². The Morgan fingerprint density at radius 2 is 1.67 bits per heavy atom. The quantitative estimate of drug-likeness (QED) is 0.254. The molecule has 0 atom stereocenters. The Morgan fingerprint density at radius 3 is 2.54 bits per heavy atom. The Hall–Kier alpha value is -4.92. The Kier molecular flexibility index (Phi) is 5.81. The summed E-state index contributed by atoms with van der Waals surface area (Å²) in [6.07, 6.45) is 19.7. The van der Waals surface area contributed by atoms with Gasteiger partial charge < -0.3 is 15.3 Å². The molecule has 0 aromatic carbocycles. The van der Waals surface area contributed by atoms with Gasteiger partial charge in [-0.3, -0.25) is 19.7 Å². The van der Waals surface area contributed by atoms with Crippen molar-refractivity contribution in [1.29, 1.82) is 0 Å². The monoisotopic (exact) mass is 514 g/mol. The van der Waals surface area contributed by atoms with Crippen LogP contribution in [0.15, 0.2) is 73.8 Å². The van der Waals surface area contributed by atoms with Crippen molar-refractivity contribution < 1.29 is 4.79 Å². The molecule has 192 valence electrons. The van der Waals surface area contributed by atoms with Crippen molar-refractivity contribution in [3.05, 3.63) is 73.8 Å². The van der Waals surface area contributed by atoms with Gasteiger partial charge in [0.2, 0.25) is 5.91 Å². The van der Waals surface area contributed by atoms with E-state index >= 15 is 0 Å². The number of nitrogens with one attached hydrogen (secondary N) is 3.